The van der Waals surface area contributed by atoms with Crippen LogP contribution in [0.15, 0.2) is 84.9 Å². The van der Waals surface area contributed by atoms with E-state index in [0.29, 0.717) is 0 Å². The van der Waals surface area contributed by atoms with Crippen molar-refractivity contribution in [3.8, 4) is 61.8 Å². The van der Waals surface area contributed by atoms with E-state index in [1.165, 1.54) is 126 Å². The van der Waals surface area contributed by atoms with Gasteiger partial charge < -0.3 is 14.2 Å². The fraction of sp³-hybridized carbons (Fsp3) is 0.167. The Morgan fingerprint density at radius 2 is 0.907 bits per heavy atom. The minimum atomic E-state index is -1.89. The van der Waals surface area contributed by atoms with Gasteiger partial charge in [-0.15, -0.1) is 0 Å². The summed E-state index contributed by atoms with van der Waals surface area (Å²) in [6.45, 7) is 12.4. The molecule has 12 rings (SSSR count). The quantitative estimate of drug-likeness (QED) is 0.150. The fourth-order valence-electron chi connectivity index (χ4n) is 11.2. The van der Waals surface area contributed by atoms with Crippen molar-refractivity contribution in [1.29, 1.82) is 0 Å². The Labute approximate surface area is 317 Å². The van der Waals surface area contributed by atoms with Gasteiger partial charge >= 0.3 is 0 Å². The van der Waals surface area contributed by atoms with Crippen molar-refractivity contribution >= 4 is 91.8 Å². The molecule has 0 fully saturated rings. The lowest BCUT2D eigenvalue weighted by atomic mass is 9.34. The Morgan fingerprint density at radius 3 is 1.48 bits per heavy atom. The highest BCUT2D eigenvalue weighted by Crippen LogP contribution is 2.48. The zero-order chi connectivity index (χ0) is 36.7. The van der Waals surface area contributed by atoms with Gasteiger partial charge in [-0.05, 0) is 133 Å². The van der Waals surface area contributed by atoms with Gasteiger partial charge in [0, 0.05) is 0 Å². The molecule has 8 aromatic carbocycles. The molecule has 0 spiro atoms. The summed E-state index contributed by atoms with van der Waals surface area (Å²) in [5.74, 6) is 2.70. The number of hydrogen-bond acceptors (Lipinski definition) is 3. The summed E-state index contributed by atoms with van der Waals surface area (Å²) in [6, 6.07) is 33.2. The fourth-order valence-corrected chi connectivity index (χ4v) is 12.8. The van der Waals surface area contributed by atoms with Crippen molar-refractivity contribution in [2.45, 2.75) is 33.5 Å². The van der Waals surface area contributed by atoms with Crippen LogP contribution in [0.25, 0.3) is 76.8 Å². The summed E-state index contributed by atoms with van der Waals surface area (Å²) in [4.78, 5) is 0. The highest BCUT2D eigenvalue weighted by Gasteiger charge is 2.45. The van der Waals surface area contributed by atoms with E-state index in [2.05, 4.69) is 118 Å². The van der Waals surface area contributed by atoms with E-state index in [9.17, 15) is 0 Å². The van der Waals surface area contributed by atoms with E-state index < -0.39 is 8.07 Å². The molecule has 4 heterocycles. The summed E-state index contributed by atoms with van der Waals surface area (Å²) < 4.78 is 17.9. The lowest BCUT2D eigenvalue weighted by molar-refractivity contribution is 0.414. The second kappa shape index (κ2) is 9.99. The van der Waals surface area contributed by atoms with Crippen molar-refractivity contribution in [3.05, 3.63) is 96.1 Å². The van der Waals surface area contributed by atoms with Gasteiger partial charge in [0.25, 0.3) is 0 Å². The highest BCUT2D eigenvalue weighted by molar-refractivity contribution is 7.03. The monoisotopic (exact) mass is 712 g/mol. The second-order valence-corrected chi connectivity index (χ2v) is 22.2. The van der Waals surface area contributed by atoms with Crippen LogP contribution in [-0.4, -0.2) is 42.8 Å². The van der Waals surface area contributed by atoms with Crippen molar-refractivity contribution in [3.63, 3.8) is 0 Å². The first-order chi connectivity index (χ1) is 26.1. The Hall–Kier alpha value is -5.45. The number of rotatable bonds is 4. The third-order valence-electron chi connectivity index (χ3n) is 13.4. The molecule has 0 saturated carbocycles. The van der Waals surface area contributed by atoms with E-state index in [4.69, 9.17) is 14.2 Å². The van der Waals surface area contributed by atoms with Gasteiger partial charge in [0.15, 0.2) is 0 Å². The predicted molar refractivity (Wildman–Crippen MR) is 233 cm³/mol. The molecular formula is C48H38B2O3Si. The number of hydrogen-bond donors (Lipinski definition) is 0. The van der Waals surface area contributed by atoms with Crippen LogP contribution in [0.4, 0.5) is 0 Å². The molecule has 8 aromatic rings. The van der Waals surface area contributed by atoms with Gasteiger partial charge in [-0.25, -0.2) is 0 Å². The SMILES string of the molecule is COc1ccc2c(c1)-c1cc(OC)cc3c1B2c1cc2c([Si](C)(C)C)cc4c5c(cc6c(C)cc-3c1c6c25)B1c2ccc(C)cc2-c2cc(OC)cc-4c21. The first-order valence-corrected chi connectivity index (χ1v) is 22.7. The number of benzene rings is 8. The molecule has 0 atom stereocenters. The second-order valence-electron chi connectivity index (χ2n) is 17.2. The summed E-state index contributed by atoms with van der Waals surface area (Å²) in [7, 11) is 3.47. The summed E-state index contributed by atoms with van der Waals surface area (Å²) in [6.07, 6.45) is 0. The van der Waals surface area contributed by atoms with Gasteiger partial charge in [0.1, 0.15) is 17.2 Å². The third kappa shape index (κ3) is 3.57. The number of aryl methyl sites for hydroxylation is 2. The van der Waals surface area contributed by atoms with Gasteiger partial charge in [-0.3, -0.25) is 0 Å². The van der Waals surface area contributed by atoms with E-state index in [0.717, 1.165) is 17.2 Å². The molecule has 6 heteroatoms. The maximum absolute atomic E-state index is 6.07. The maximum Gasteiger partial charge on any atom is 0.244 e. The topological polar surface area (TPSA) is 27.7 Å². The smallest absolute Gasteiger partial charge is 0.244 e. The third-order valence-corrected chi connectivity index (χ3v) is 15.4. The molecule has 0 aromatic heterocycles. The van der Waals surface area contributed by atoms with Gasteiger partial charge in [-0.2, -0.15) is 0 Å². The molecule has 0 amide bonds. The molecule has 4 aliphatic heterocycles. The van der Waals surface area contributed by atoms with E-state index in [1.54, 1.807) is 14.2 Å². The van der Waals surface area contributed by atoms with Crippen LogP contribution in [0.2, 0.25) is 19.6 Å². The molecule has 0 saturated heterocycles. The van der Waals surface area contributed by atoms with Crippen LogP contribution < -0.4 is 52.2 Å². The lowest BCUT2D eigenvalue weighted by Crippen LogP contribution is -2.53. The largest absolute Gasteiger partial charge is 0.497 e. The first-order valence-electron chi connectivity index (χ1n) is 19.2. The molecule has 0 N–H and O–H groups in total. The number of methoxy groups -OCH3 is 3. The van der Waals surface area contributed by atoms with Gasteiger partial charge in [-0.1, -0.05) is 112 Å². The average molecular weight is 713 g/mol. The minimum absolute atomic E-state index is 0.127. The van der Waals surface area contributed by atoms with Crippen molar-refractivity contribution < 1.29 is 14.2 Å². The predicted octanol–water partition coefficient (Wildman–Crippen LogP) is 6.73. The van der Waals surface area contributed by atoms with Crippen LogP contribution in [0.3, 0.4) is 0 Å². The first kappa shape index (κ1) is 31.0. The zero-order valence-electron chi connectivity index (χ0n) is 32.0. The van der Waals surface area contributed by atoms with Crippen LogP contribution in [-0.2, 0) is 0 Å². The van der Waals surface area contributed by atoms with Crippen LogP contribution in [0, 0.1) is 13.8 Å². The Balaban J connectivity index is 1.31. The Kier molecular flexibility index (Phi) is 5.73. The molecule has 54 heavy (non-hydrogen) atoms. The summed E-state index contributed by atoms with van der Waals surface area (Å²) in [5, 5.41) is 10.0. The number of ether oxygens (including phenoxy) is 3. The standard InChI is InChI=1S/C48H38B2O3Si/c1-23-9-11-38-29(13-23)33-16-26(52-4)19-36-32-22-42(54(6,7)8)37-21-41-43-31(14-24(2)28-20-40(49(38)47(33)36)44(32)46(37)45(28)43)35-18-27(53-5)17-34-30-15-25(51-3)10-12-39(30)50(41)48(34)35/h9-22H,1-8H3. The molecule has 4 aliphatic rings. The van der Waals surface area contributed by atoms with Crippen molar-refractivity contribution in [2.24, 2.45) is 0 Å². The Bertz CT molecular complexity index is 3080. The molecule has 0 bridgehead atoms. The van der Waals surface area contributed by atoms with Gasteiger partial charge in [0.2, 0.25) is 13.4 Å². The molecule has 258 valence electrons. The van der Waals surface area contributed by atoms with Crippen molar-refractivity contribution in [1.82, 2.24) is 0 Å². The van der Waals surface area contributed by atoms with Gasteiger partial charge in [0.05, 0.1) is 29.4 Å². The van der Waals surface area contributed by atoms with Crippen LogP contribution >= 0.6 is 0 Å². The van der Waals surface area contributed by atoms with E-state index in [-0.39, 0.29) is 13.4 Å². The lowest BCUT2D eigenvalue weighted by Gasteiger charge is -2.34. The highest BCUT2D eigenvalue weighted by atomic mass is 28.3. The molecule has 0 aliphatic carbocycles. The van der Waals surface area contributed by atoms with E-state index in [1.807, 2.05) is 7.11 Å². The number of fused-ring (bicyclic) bond motifs is 10. The Morgan fingerprint density at radius 1 is 0.426 bits per heavy atom. The molecule has 3 nitrogen and oxygen atoms in total. The molecular weight excluding hydrogens is 674 g/mol. The van der Waals surface area contributed by atoms with Crippen LogP contribution in [0.5, 0.6) is 17.2 Å². The van der Waals surface area contributed by atoms with Crippen LogP contribution in [0.1, 0.15) is 11.1 Å². The van der Waals surface area contributed by atoms with E-state index >= 15 is 0 Å². The summed E-state index contributed by atoms with van der Waals surface area (Å²) in [5.41, 5.74) is 21.5. The normalized spacial score (nSPS) is 13.9. The molecule has 0 unspecified atom stereocenters. The minimum Gasteiger partial charge on any atom is -0.497 e. The molecule has 0 radical (unpaired) electrons. The average Bonchev–Trinajstić information content (AvgIpc) is 3.67. The maximum atomic E-state index is 6.07. The van der Waals surface area contributed by atoms with Crippen molar-refractivity contribution in [2.75, 3.05) is 21.3 Å². The zero-order valence-corrected chi connectivity index (χ0v) is 33.0. The summed E-state index contributed by atoms with van der Waals surface area (Å²) >= 11 is 0.